The van der Waals surface area contributed by atoms with Gasteiger partial charge in [-0.15, -0.1) is 0 Å². The second-order valence-electron chi connectivity index (χ2n) is 6.21. The molecule has 4 nitrogen and oxygen atoms in total. The lowest BCUT2D eigenvalue weighted by atomic mass is 9.79. The SMILES string of the molecule is CCC1(C)CCN(S(=O)(=O)c2ccccc2CNC)CC1. The minimum Gasteiger partial charge on any atom is -0.316 e. The van der Waals surface area contributed by atoms with E-state index < -0.39 is 10.0 Å². The van der Waals surface area contributed by atoms with Gasteiger partial charge in [-0.2, -0.15) is 4.31 Å². The van der Waals surface area contributed by atoms with E-state index in [9.17, 15) is 8.42 Å². The summed E-state index contributed by atoms with van der Waals surface area (Å²) in [5.74, 6) is 0. The lowest BCUT2D eigenvalue weighted by Crippen LogP contribution is -2.42. The van der Waals surface area contributed by atoms with Crippen molar-refractivity contribution in [2.75, 3.05) is 20.1 Å². The van der Waals surface area contributed by atoms with Gasteiger partial charge in [0.2, 0.25) is 10.0 Å². The maximum absolute atomic E-state index is 12.9. The Morgan fingerprint density at radius 1 is 1.24 bits per heavy atom. The summed E-state index contributed by atoms with van der Waals surface area (Å²) >= 11 is 0. The topological polar surface area (TPSA) is 49.4 Å². The van der Waals surface area contributed by atoms with Crippen LogP contribution in [0.5, 0.6) is 0 Å². The van der Waals surface area contributed by atoms with E-state index in [1.54, 1.807) is 16.4 Å². The molecular weight excluding hydrogens is 284 g/mol. The van der Waals surface area contributed by atoms with Gasteiger partial charge >= 0.3 is 0 Å². The van der Waals surface area contributed by atoms with Crippen LogP contribution in [0, 0.1) is 5.41 Å². The first kappa shape index (κ1) is 16.5. The quantitative estimate of drug-likeness (QED) is 0.909. The van der Waals surface area contributed by atoms with Gasteiger partial charge in [0.25, 0.3) is 0 Å². The zero-order valence-corrected chi connectivity index (χ0v) is 14.0. The van der Waals surface area contributed by atoms with Gasteiger partial charge in [-0.05, 0) is 36.9 Å². The van der Waals surface area contributed by atoms with Crippen LogP contribution in [0.3, 0.4) is 0 Å². The van der Waals surface area contributed by atoms with Crippen LogP contribution in [-0.4, -0.2) is 32.9 Å². The predicted molar refractivity (Wildman–Crippen MR) is 85.6 cm³/mol. The Labute approximate surface area is 128 Å². The molecule has 21 heavy (non-hydrogen) atoms. The molecule has 0 saturated carbocycles. The van der Waals surface area contributed by atoms with Crippen LogP contribution < -0.4 is 5.32 Å². The highest BCUT2D eigenvalue weighted by atomic mass is 32.2. The number of sulfonamides is 1. The van der Waals surface area contributed by atoms with Crippen LogP contribution in [0.1, 0.15) is 38.7 Å². The maximum atomic E-state index is 12.9. The summed E-state index contributed by atoms with van der Waals surface area (Å²) < 4.78 is 27.4. The molecule has 0 spiro atoms. The third-order valence-electron chi connectivity index (χ3n) is 4.74. The number of piperidine rings is 1. The summed E-state index contributed by atoms with van der Waals surface area (Å²) in [5.41, 5.74) is 1.13. The van der Waals surface area contributed by atoms with Gasteiger partial charge in [0, 0.05) is 19.6 Å². The van der Waals surface area contributed by atoms with Crippen molar-refractivity contribution in [3.8, 4) is 0 Å². The van der Waals surface area contributed by atoms with E-state index in [0.29, 0.717) is 24.5 Å². The average Bonchev–Trinajstić information content (AvgIpc) is 2.48. The minimum absolute atomic E-state index is 0.288. The van der Waals surface area contributed by atoms with Crippen molar-refractivity contribution >= 4 is 10.0 Å². The summed E-state index contributed by atoms with van der Waals surface area (Å²) in [6, 6.07) is 7.28. The van der Waals surface area contributed by atoms with Gasteiger partial charge in [0.05, 0.1) is 4.90 Å². The number of benzene rings is 1. The molecule has 1 aromatic carbocycles. The maximum Gasteiger partial charge on any atom is 0.243 e. The second-order valence-corrected chi connectivity index (χ2v) is 8.11. The van der Waals surface area contributed by atoms with Crippen molar-refractivity contribution in [3.63, 3.8) is 0 Å². The first-order chi connectivity index (χ1) is 9.93. The molecule has 0 amide bonds. The zero-order chi connectivity index (χ0) is 15.5. The Balaban J connectivity index is 2.24. The first-order valence-electron chi connectivity index (χ1n) is 7.65. The third-order valence-corrected chi connectivity index (χ3v) is 6.74. The smallest absolute Gasteiger partial charge is 0.243 e. The third kappa shape index (κ3) is 3.47. The predicted octanol–water partition coefficient (Wildman–Crippen LogP) is 2.61. The normalized spacial score (nSPS) is 19.6. The molecule has 0 aliphatic carbocycles. The highest BCUT2D eigenvalue weighted by Gasteiger charge is 2.34. The molecule has 1 fully saturated rings. The van der Waals surface area contributed by atoms with Crippen molar-refractivity contribution in [3.05, 3.63) is 29.8 Å². The summed E-state index contributed by atoms with van der Waals surface area (Å²) in [7, 11) is -1.55. The summed E-state index contributed by atoms with van der Waals surface area (Å²) in [6.07, 6.45) is 2.99. The first-order valence-corrected chi connectivity index (χ1v) is 9.09. The standard InChI is InChI=1S/C16H26N2O2S/c1-4-16(2)9-11-18(12-10-16)21(19,20)15-8-6-5-7-14(15)13-17-3/h5-8,17H,4,9-13H2,1-3H3. The van der Waals surface area contributed by atoms with Crippen molar-refractivity contribution in [2.45, 2.75) is 44.6 Å². The van der Waals surface area contributed by atoms with E-state index in [1.807, 2.05) is 19.2 Å². The molecule has 1 aliphatic heterocycles. The zero-order valence-electron chi connectivity index (χ0n) is 13.2. The van der Waals surface area contributed by atoms with Gasteiger partial charge in [0.15, 0.2) is 0 Å². The largest absolute Gasteiger partial charge is 0.316 e. The Hall–Kier alpha value is -0.910. The molecule has 0 atom stereocenters. The lowest BCUT2D eigenvalue weighted by Gasteiger charge is -2.38. The monoisotopic (exact) mass is 310 g/mol. The van der Waals surface area contributed by atoms with Gasteiger partial charge in [-0.1, -0.05) is 38.5 Å². The number of hydrogen-bond acceptors (Lipinski definition) is 3. The number of rotatable bonds is 5. The van der Waals surface area contributed by atoms with E-state index in [4.69, 9.17) is 0 Å². The highest BCUT2D eigenvalue weighted by Crippen LogP contribution is 2.36. The Kier molecular flexibility index (Phi) is 5.07. The molecule has 0 unspecified atom stereocenters. The van der Waals surface area contributed by atoms with E-state index >= 15 is 0 Å². The van der Waals surface area contributed by atoms with E-state index in [2.05, 4.69) is 19.2 Å². The molecule has 2 rings (SSSR count). The van der Waals surface area contributed by atoms with Crippen molar-refractivity contribution < 1.29 is 8.42 Å². The van der Waals surface area contributed by atoms with Crippen LogP contribution >= 0.6 is 0 Å². The Morgan fingerprint density at radius 3 is 2.43 bits per heavy atom. The molecule has 0 radical (unpaired) electrons. The van der Waals surface area contributed by atoms with Crippen molar-refractivity contribution in [2.24, 2.45) is 5.41 Å². The van der Waals surface area contributed by atoms with Crippen LogP contribution in [0.25, 0.3) is 0 Å². The van der Waals surface area contributed by atoms with Crippen molar-refractivity contribution in [1.29, 1.82) is 0 Å². The van der Waals surface area contributed by atoms with Gasteiger partial charge in [0.1, 0.15) is 0 Å². The van der Waals surface area contributed by atoms with Crippen LogP contribution in [0.2, 0.25) is 0 Å². The molecule has 1 aromatic rings. The van der Waals surface area contributed by atoms with Crippen LogP contribution in [0.4, 0.5) is 0 Å². The average molecular weight is 310 g/mol. The van der Waals surface area contributed by atoms with Gasteiger partial charge < -0.3 is 5.32 Å². The molecular formula is C16H26N2O2S. The number of nitrogens with zero attached hydrogens (tertiary/aromatic N) is 1. The van der Waals surface area contributed by atoms with Gasteiger partial charge in [-0.25, -0.2) is 8.42 Å². The summed E-state index contributed by atoms with van der Waals surface area (Å²) in [5, 5.41) is 3.04. The number of nitrogens with one attached hydrogen (secondary N) is 1. The van der Waals surface area contributed by atoms with Gasteiger partial charge in [-0.3, -0.25) is 0 Å². The number of hydrogen-bond donors (Lipinski definition) is 1. The van der Waals surface area contributed by atoms with E-state index in [1.165, 1.54) is 0 Å². The molecule has 1 aliphatic rings. The molecule has 1 saturated heterocycles. The van der Waals surface area contributed by atoms with E-state index in [-0.39, 0.29) is 5.41 Å². The van der Waals surface area contributed by atoms with E-state index in [0.717, 1.165) is 24.8 Å². The summed E-state index contributed by atoms with van der Waals surface area (Å²) in [6.45, 7) is 6.26. The van der Waals surface area contributed by atoms with Crippen LogP contribution in [0.15, 0.2) is 29.2 Å². The molecule has 0 aromatic heterocycles. The molecule has 1 N–H and O–H groups in total. The van der Waals surface area contributed by atoms with Crippen LogP contribution in [-0.2, 0) is 16.6 Å². The fourth-order valence-electron chi connectivity index (χ4n) is 2.85. The fourth-order valence-corrected chi connectivity index (χ4v) is 4.51. The summed E-state index contributed by atoms with van der Waals surface area (Å²) in [4.78, 5) is 0.444. The molecule has 0 bridgehead atoms. The highest BCUT2D eigenvalue weighted by molar-refractivity contribution is 7.89. The molecule has 5 heteroatoms. The molecule has 118 valence electrons. The Morgan fingerprint density at radius 2 is 1.86 bits per heavy atom. The minimum atomic E-state index is -3.38. The fraction of sp³-hybridized carbons (Fsp3) is 0.625. The Bertz CT molecular complexity index is 576. The lowest BCUT2D eigenvalue weighted by molar-refractivity contribution is 0.169. The second kappa shape index (κ2) is 6.46. The molecule has 1 heterocycles. The van der Waals surface area contributed by atoms with Crippen molar-refractivity contribution in [1.82, 2.24) is 9.62 Å².